The predicted molar refractivity (Wildman–Crippen MR) is 68.6 cm³/mol. The molecule has 1 rings (SSSR count). The molecule has 1 aromatic rings. The number of nitrogens with zero attached hydrogens (tertiary/aromatic N) is 1. The van der Waals surface area contributed by atoms with E-state index >= 15 is 0 Å². The zero-order chi connectivity index (χ0) is 14.5. The van der Waals surface area contributed by atoms with E-state index in [0.717, 1.165) is 0 Å². The summed E-state index contributed by atoms with van der Waals surface area (Å²) in [6.45, 7) is 3.94. The van der Waals surface area contributed by atoms with E-state index < -0.39 is 22.2 Å². The van der Waals surface area contributed by atoms with Gasteiger partial charge in [-0.3, -0.25) is 4.79 Å². The molecular weight excluding hydrogens is 272 g/mol. The van der Waals surface area contributed by atoms with Crippen molar-refractivity contribution in [1.82, 2.24) is 19.4 Å². The van der Waals surface area contributed by atoms with Crippen LogP contribution in [0.25, 0.3) is 0 Å². The van der Waals surface area contributed by atoms with E-state index in [1.54, 1.807) is 0 Å². The summed E-state index contributed by atoms with van der Waals surface area (Å²) in [5.74, 6) is -1.11. The third-order valence-electron chi connectivity index (χ3n) is 2.26. The summed E-state index contributed by atoms with van der Waals surface area (Å²) in [5.41, 5.74) is 0.541. The molecule has 0 saturated heterocycles. The normalized spacial score (nSPS) is 13.6. The Kier molecular flexibility index (Phi) is 5.45. The molecule has 0 aliphatic rings. The Hall–Kier alpha value is -1.45. The van der Waals surface area contributed by atoms with Crippen LogP contribution < -0.4 is 9.44 Å². The van der Waals surface area contributed by atoms with Crippen molar-refractivity contribution in [3.8, 4) is 0 Å². The maximum atomic E-state index is 11.7. The first-order chi connectivity index (χ1) is 8.80. The van der Waals surface area contributed by atoms with Gasteiger partial charge in [0.2, 0.25) is 0 Å². The smallest absolute Gasteiger partial charge is 0.322 e. The van der Waals surface area contributed by atoms with Crippen LogP contribution >= 0.6 is 0 Å². The van der Waals surface area contributed by atoms with Crippen molar-refractivity contribution in [2.75, 3.05) is 6.54 Å². The quantitative estimate of drug-likeness (QED) is 0.513. The molecule has 1 unspecified atom stereocenters. The van der Waals surface area contributed by atoms with Gasteiger partial charge in [0.05, 0.1) is 6.33 Å². The Balaban J connectivity index is 2.65. The summed E-state index contributed by atoms with van der Waals surface area (Å²) in [6.07, 6.45) is 2.85. The Bertz CT molecular complexity index is 498. The lowest BCUT2D eigenvalue weighted by atomic mass is 10.2. The number of aromatic nitrogens is 2. The van der Waals surface area contributed by atoms with Gasteiger partial charge in [-0.25, -0.2) is 9.71 Å². The van der Waals surface area contributed by atoms with Crippen molar-refractivity contribution in [3.63, 3.8) is 0 Å². The fourth-order valence-corrected chi connectivity index (χ4v) is 2.50. The Labute approximate surface area is 111 Å². The summed E-state index contributed by atoms with van der Waals surface area (Å²) >= 11 is 0. The third-order valence-corrected chi connectivity index (χ3v) is 3.40. The number of hydrogen-bond acceptors (Lipinski definition) is 4. The lowest BCUT2D eigenvalue weighted by Crippen LogP contribution is -2.48. The highest BCUT2D eigenvalue weighted by molar-refractivity contribution is 7.87. The minimum absolute atomic E-state index is 0.00206. The topological polar surface area (TPSA) is 124 Å². The standard InChI is InChI=1S/C10H18N4O4S/c1-7(2)4-13-19(17,18)14-9(10(15)16)3-8-5-11-6-12-8/h5-7,9,13-14H,3-4H2,1-2H3,(H,11,12)(H,15,16). The highest BCUT2D eigenvalue weighted by Crippen LogP contribution is 2.00. The second-order valence-corrected chi connectivity index (χ2v) is 6.07. The SMILES string of the molecule is CC(C)CNS(=O)(=O)NC(Cc1cnc[nH]1)C(=O)O. The average Bonchev–Trinajstić information content (AvgIpc) is 2.78. The van der Waals surface area contributed by atoms with E-state index in [0.29, 0.717) is 5.69 Å². The van der Waals surface area contributed by atoms with Gasteiger partial charge >= 0.3 is 5.97 Å². The van der Waals surface area contributed by atoms with Crippen LogP contribution in [0.1, 0.15) is 19.5 Å². The van der Waals surface area contributed by atoms with Crippen LogP contribution in [-0.4, -0.2) is 42.0 Å². The molecule has 0 saturated carbocycles. The van der Waals surface area contributed by atoms with Gasteiger partial charge in [0.1, 0.15) is 6.04 Å². The predicted octanol–water partition coefficient (Wildman–Crippen LogP) is -0.515. The minimum atomic E-state index is -3.84. The summed E-state index contributed by atoms with van der Waals surface area (Å²) in [7, 11) is -3.84. The number of imidazole rings is 1. The van der Waals surface area contributed by atoms with Crippen molar-refractivity contribution in [2.24, 2.45) is 5.92 Å². The van der Waals surface area contributed by atoms with E-state index in [4.69, 9.17) is 5.11 Å². The fraction of sp³-hybridized carbons (Fsp3) is 0.600. The number of rotatable bonds is 8. The van der Waals surface area contributed by atoms with Crippen LogP contribution in [0, 0.1) is 5.92 Å². The fourth-order valence-electron chi connectivity index (χ4n) is 1.30. The van der Waals surface area contributed by atoms with Gasteiger partial charge < -0.3 is 10.1 Å². The molecule has 0 amide bonds. The van der Waals surface area contributed by atoms with Crippen molar-refractivity contribution in [1.29, 1.82) is 0 Å². The zero-order valence-corrected chi connectivity index (χ0v) is 11.6. The molecule has 9 heteroatoms. The maximum Gasteiger partial charge on any atom is 0.322 e. The molecular formula is C10H18N4O4S. The van der Waals surface area contributed by atoms with E-state index in [1.807, 2.05) is 13.8 Å². The van der Waals surface area contributed by atoms with Gasteiger partial charge in [-0.2, -0.15) is 13.1 Å². The van der Waals surface area contributed by atoms with Crippen molar-refractivity contribution in [3.05, 3.63) is 18.2 Å². The van der Waals surface area contributed by atoms with Crippen molar-refractivity contribution >= 4 is 16.2 Å². The molecule has 1 atom stereocenters. The first-order valence-corrected chi connectivity index (χ1v) is 7.25. The van der Waals surface area contributed by atoms with E-state index in [9.17, 15) is 13.2 Å². The molecule has 0 aromatic carbocycles. The summed E-state index contributed by atoms with van der Waals surface area (Å²) in [6, 6.07) is -1.25. The number of aliphatic carboxylic acids is 1. The molecule has 0 spiro atoms. The number of hydrogen-bond donors (Lipinski definition) is 4. The first-order valence-electron chi connectivity index (χ1n) is 5.77. The van der Waals surface area contributed by atoms with Gasteiger partial charge in [0, 0.05) is 24.9 Å². The lowest BCUT2D eigenvalue weighted by molar-refractivity contribution is -0.138. The van der Waals surface area contributed by atoms with Crippen LogP contribution in [-0.2, 0) is 21.4 Å². The largest absolute Gasteiger partial charge is 0.480 e. The molecule has 19 heavy (non-hydrogen) atoms. The second kappa shape index (κ2) is 6.64. The Morgan fingerprint density at radius 3 is 2.68 bits per heavy atom. The van der Waals surface area contributed by atoms with Crippen LogP contribution in [0.3, 0.4) is 0 Å². The van der Waals surface area contributed by atoms with Crippen LogP contribution in [0.2, 0.25) is 0 Å². The number of nitrogens with one attached hydrogen (secondary N) is 3. The average molecular weight is 290 g/mol. The summed E-state index contributed by atoms with van der Waals surface area (Å²) in [4.78, 5) is 17.5. The number of carboxylic acids is 1. The number of carbonyl (C=O) groups is 1. The van der Waals surface area contributed by atoms with Gasteiger partial charge in [0.25, 0.3) is 10.2 Å². The van der Waals surface area contributed by atoms with Crippen molar-refractivity contribution < 1.29 is 18.3 Å². The van der Waals surface area contributed by atoms with E-state index in [2.05, 4.69) is 19.4 Å². The highest BCUT2D eigenvalue weighted by Gasteiger charge is 2.24. The molecule has 0 fully saturated rings. The molecule has 0 bridgehead atoms. The Morgan fingerprint density at radius 1 is 1.53 bits per heavy atom. The number of H-pyrrole nitrogens is 1. The van der Waals surface area contributed by atoms with Gasteiger partial charge in [-0.1, -0.05) is 13.8 Å². The monoisotopic (exact) mass is 290 g/mol. The van der Waals surface area contributed by atoms with Crippen molar-refractivity contribution in [2.45, 2.75) is 26.3 Å². The number of carboxylic acid groups (broad SMARTS) is 1. The Morgan fingerprint density at radius 2 is 2.21 bits per heavy atom. The molecule has 4 N–H and O–H groups in total. The van der Waals surface area contributed by atoms with Crippen LogP contribution in [0.15, 0.2) is 12.5 Å². The molecule has 0 radical (unpaired) electrons. The van der Waals surface area contributed by atoms with Crippen LogP contribution in [0.5, 0.6) is 0 Å². The third kappa shape index (κ3) is 5.81. The van der Waals surface area contributed by atoms with Crippen LogP contribution in [0.4, 0.5) is 0 Å². The molecule has 1 heterocycles. The van der Waals surface area contributed by atoms with Gasteiger partial charge in [-0.05, 0) is 5.92 Å². The molecule has 0 aliphatic carbocycles. The molecule has 108 valence electrons. The minimum Gasteiger partial charge on any atom is -0.480 e. The van der Waals surface area contributed by atoms with E-state index in [1.165, 1.54) is 12.5 Å². The second-order valence-electron chi connectivity index (χ2n) is 4.54. The summed E-state index contributed by atoms with van der Waals surface area (Å²) in [5, 5.41) is 9.02. The zero-order valence-electron chi connectivity index (χ0n) is 10.8. The van der Waals surface area contributed by atoms with Gasteiger partial charge in [-0.15, -0.1) is 0 Å². The summed E-state index contributed by atoms with van der Waals surface area (Å²) < 4.78 is 27.7. The molecule has 1 aromatic heterocycles. The molecule has 0 aliphatic heterocycles. The first kappa shape index (κ1) is 15.6. The maximum absolute atomic E-state index is 11.7. The number of aromatic amines is 1. The van der Waals surface area contributed by atoms with E-state index in [-0.39, 0.29) is 18.9 Å². The van der Waals surface area contributed by atoms with Gasteiger partial charge in [0.15, 0.2) is 0 Å². The molecule has 8 nitrogen and oxygen atoms in total. The lowest BCUT2D eigenvalue weighted by Gasteiger charge is -2.15. The highest BCUT2D eigenvalue weighted by atomic mass is 32.2.